The van der Waals surface area contributed by atoms with Gasteiger partial charge in [-0.05, 0) is 31.0 Å². The maximum absolute atomic E-state index is 12.8. The molecule has 1 aromatic carbocycles. The lowest BCUT2D eigenvalue weighted by atomic mass is 10.1. The van der Waals surface area contributed by atoms with Gasteiger partial charge < -0.3 is 10.4 Å². The van der Waals surface area contributed by atoms with Crippen LogP contribution in [0.1, 0.15) is 25.3 Å². The summed E-state index contributed by atoms with van der Waals surface area (Å²) in [5.74, 6) is 0. The lowest BCUT2D eigenvalue weighted by Crippen LogP contribution is -2.26. The lowest BCUT2D eigenvalue weighted by Gasteiger charge is -2.18. The highest BCUT2D eigenvalue weighted by molar-refractivity contribution is 6.32. The van der Waals surface area contributed by atoms with Gasteiger partial charge in [-0.15, -0.1) is 0 Å². The third-order valence-electron chi connectivity index (χ3n) is 3.67. The first kappa shape index (κ1) is 19.3. The summed E-state index contributed by atoms with van der Waals surface area (Å²) < 4.78 is 39.3. The number of halogens is 4. The molecule has 1 heterocycles. The summed E-state index contributed by atoms with van der Waals surface area (Å²) in [6.45, 7) is 1.87. The predicted molar refractivity (Wildman–Crippen MR) is 89.3 cm³/mol. The second-order valence-electron chi connectivity index (χ2n) is 5.40. The predicted octanol–water partition coefficient (Wildman–Crippen LogP) is 3.48. The number of benzene rings is 1. The van der Waals surface area contributed by atoms with Gasteiger partial charge in [-0.2, -0.15) is 23.0 Å². The molecular formula is C16H17ClF3N3O2. The molecule has 1 aromatic heterocycles. The molecule has 0 saturated carbocycles. The van der Waals surface area contributed by atoms with Crippen LogP contribution in [0.5, 0.6) is 0 Å². The Bertz CT molecular complexity index is 793. The van der Waals surface area contributed by atoms with Gasteiger partial charge in [0.25, 0.3) is 5.56 Å². The summed E-state index contributed by atoms with van der Waals surface area (Å²) in [7, 11) is 0. The first-order chi connectivity index (χ1) is 11.8. The molecule has 0 aliphatic heterocycles. The van der Waals surface area contributed by atoms with Crippen molar-refractivity contribution in [2.75, 3.05) is 11.9 Å². The number of aromatic nitrogens is 2. The fourth-order valence-corrected chi connectivity index (χ4v) is 2.47. The van der Waals surface area contributed by atoms with Gasteiger partial charge in [0, 0.05) is 12.6 Å². The van der Waals surface area contributed by atoms with Crippen LogP contribution in [0.2, 0.25) is 5.02 Å². The maximum atomic E-state index is 12.8. The van der Waals surface area contributed by atoms with E-state index in [1.807, 2.05) is 6.92 Å². The highest BCUT2D eigenvalue weighted by atomic mass is 35.5. The second kappa shape index (κ2) is 7.88. The van der Waals surface area contributed by atoms with Gasteiger partial charge in [0.1, 0.15) is 5.02 Å². The number of hydrogen-bond acceptors (Lipinski definition) is 4. The van der Waals surface area contributed by atoms with Crippen molar-refractivity contribution in [2.45, 2.75) is 32.0 Å². The molecule has 25 heavy (non-hydrogen) atoms. The molecule has 0 amide bonds. The lowest BCUT2D eigenvalue weighted by molar-refractivity contribution is -0.137. The smallest absolute Gasteiger partial charge is 0.396 e. The Hall–Kier alpha value is -2.06. The van der Waals surface area contributed by atoms with E-state index >= 15 is 0 Å². The number of anilines is 1. The van der Waals surface area contributed by atoms with E-state index in [0.29, 0.717) is 12.8 Å². The maximum Gasteiger partial charge on any atom is 0.416 e. The summed E-state index contributed by atoms with van der Waals surface area (Å²) in [5, 5.41) is 15.7. The van der Waals surface area contributed by atoms with E-state index in [4.69, 9.17) is 16.7 Å². The Morgan fingerprint density at radius 1 is 1.40 bits per heavy atom. The third-order valence-corrected chi connectivity index (χ3v) is 4.03. The van der Waals surface area contributed by atoms with Crippen LogP contribution in [-0.2, 0) is 6.18 Å². The quantitative estimate of drug-likeness (QED) is 0.811. The van der Waals surface area contributed by atoms with E-state index < -0.39 is 17.3 Å². The molecule has 0 bridgehead atoms. The Labute approximate surface area is 147 Å². The van der Waals surface area contributed by atoms with E-state index in [0.717, 1.165) is 16.8 Å². The molecule has 0 saturated heterocycles. The van der Waals surface area contributed by atoms with Gasteiger partial charge in [-0.3, -0.25) is 4.79 Å². The molecule has 2 rings (SSSR count). The topological polar surface area (TPSA) is 67.2 Å². The van der Waals surface area contributed by atoms with Crippen LogP contribution in [0, 0.1) is 0 Å². The van der Waals surface area contributed by atoms with E-state index in [1.165, 1.54) is 18.3 Å². The number of nitrogens with one attached hydrogen (secondary N) is 1. The van der Waals surface area contributed by atoms with Crippen LogP contribution < -0.4 is 10.9 Å². The number of hydrogen-bond donors (Lipinski definition) is 2. The first-order valence-corrected chi connectivity index (χ1v) is 7.98. The largest absolute Gasteiger partial charge is 0.416 e. The van der Waals surface area contributed by atoms with Crippen molar-refractivity contribution in [2.24, 2.45) is 0 Å². The average molecular weight is 376 g/mol. The van der Waals surface area contributed by atoms with E-state index in [1.54, 1.807) is 0 Å². The number of aliphatic hydroxyl groups excluding tert-OH is 1. The molecule has 0 fully saturated rings. The zero-order valence-electron chi connectivity index (χ0n) is 13.3. The molecule has 0 radical (unpaired) electrons. The number of rotatable bonds is 6. The van der Waals surface area contributed by atoms with Crippen molar-refractivity contribution in [3.63, 3.8) is 0 Å². The van der Waals surface area contributed by atoms with Gasteiger partial charge in [-0.1, -0.05) is 24.6 Å². The zero-order valence-corrected chi connectivity index (χ0v) is 14.1. The molecule has 9 heteroatoms. The molecule has 0 aliphatic rings. The Morgan fingerprint density at radius 3 is 2.72 bits per heavy atom. The highest BCUT2D eigenvalue weighted by Gasteiger charge is 2.30. The van der Waals surface area contributed by atoms with Crippen LogP contribution in [0.15, 0.2) is 35.3 Å². The van der Waals surface area contributed by atoms with Crippen molar-refractivity contribution in [1.29, 1.82) is 0 Å². The van der Waals surface area contributed by atoms with Crippen LogP contribution in [0.3, 0.4) is 0 Å². The summed E-state index contributed by atoms with van der Waals surface area (Å²) in [4.78, 5) is 12.4. The van der Waals surface area contributed by atoms with Crippen molar-refractivity contribution in [1.82, 2.24) is 9.78 Å². The van der Waals surface area contributed by atoms with Crippen LogP contribution in [-0.4, -0.2) is 27.5 Å². The minimum Gasteiger partial charge on any atom is -0.396 e. The fourth-order valence-electron chi connectivity index (χ4n) is 2.29. The molecule has 1 unspecified atom stereocenters. The van der Waals surface area contributed by atoms with E-state index in [-0.39, 0.29) is 29.0 Å². The average Bonchev–Trinajstić information content (AvgIpc) is 2.58. The summed E-state index contributed by atoms with van der Waals surface area (Å²) in [5.41, 5.74) is -1.37. The number of aliphatic hydroxyl groups is 1. The molecular weight excluding hydrogens is 359 g/mol. The standard InChI is InChI=1S/C16H17ClF3N3O2/c1-2-11(6-7-24)22-13-9-21-23(15(25)14(13)17)12-5-3-4-10(8-12)16(18,19)20/h3-5,8-9,11,22,24H,2,6-7H2,1H3. The molecule has 1 atom stereocenters. The van der Waals surface area contributed by atoms with E-state index in [9.17, 15) is 18.0 Å². The minimum absolute atomic E-state index is 0.0299. The molecule has 0 spiro atoms. The van der Waals surface area contributed by atoms with Crippen molar-refractivity contribution in [3.05, 3.63) is 51.4 Å². The van der Waals surface area contributed by atoms with Gasteiger partial charge in [0.05, 0.1) is 23.1 Å². The van der Waals surface area contributed by atoms with Gasteiger partial charge in [0.15, 0.2) is 0 Å². The number of alkyl halides is 3. The molecule has 0 aliphatic carbocycles. The summed E-state index contributed by atoms with van der Waals surface area (Å²) in [6, 6.07) is 4.17. The third kappa shape index (κ3) is 4.52. The SMILES string of the molecule is CCC(CCO)Nc1cnn(-c2cccc(C(F)(F)F)c2)c(=O)c1Cl. The molecule has 136 valence electrons. The second-order valence-corrected chi connectivity index (χ2v) is 5.78. The highest BCUT2D eigenvalue weighted by Crippen LogP contribution is 2.30. The van der Waals surface area contributed by atoms with Crippen LogP contribution >= 0.6 is 11.6 Å². The van der Waals surface area contributed by atoms with Crippen LogP contribution in [0.4, 0.5) is 18.9 Å². The monoisotopic (exact) mass is 375 g/mol. The number of nitrogens with zero attached hydrogens (tertiary/aromatic N) is 2. The van der Waals surface area contributed by atoms with E-state index in [2.05, 4.69) is 10.4 Å². The fraction of sp³-hybridized carbons (Fsp3) is 0.375. The molecule has 2 aromatic rings. The Morgan fingerprint density at radius 2 is 2.12 bits per heavy atom. The van der Waals surface area contributed by atoms with Crippen molar-refractivity contribution >= 4 is 17.3 Å². The Balaban J connectivity index is 2.39. The van der Waals surface area contributed by atoms with Crippen molar-refractivity contribution < 1.29 is 18.3 Å². The van der Waals surface area contributed by atoms with Gasteiger partial charge >= 0.3 is 6.18 Å². The molecule has 2 N–H and O–H groups in total. The summed E-state index contributed by atoms with van der Waals surface area (Å²) >= 11 is 6.06. The summed E-state index contributed by atoms with van der Waals surface area (Å²) in [6.07, 6.45) is -2.09. The normalized spacial score (nSPS) is 12.9. The van der Waals surface area contributed by atoms with Crippen LogP contribution in [0.25, 0.3) is 5.69 Å². The Kier molecular flexibility index (Phi) is 6.07. The first-order valence-electron chi connectivity index (χ1n) is 7.60. The molecule has 5 nitrogen and oxygen atoms in total. The zero-order chi connectivity index (χ0) is 18.6. The minimum atomic E-state index is -4.52. The van der Waals surface area contributed by atoms with Gasteiger partial charge in [0.2, 0.25) is 0 Å². The van der Waals surface area contributed by atoms with Crippen molar-refractivity contribution in [3.8, 4) is 5.69 Å². The van der Waals surface area contributed by atoms with Gasteiger partial charge in [-0.25, -0.2) is 0 Å².